The highest BCUT2D eigenvalue weighted by Gasteiger charge is 2.21. The van der Waals surface area contributed by atoms with Crippen LogP contribution in [0.1, 0.15) is 44.0 Å². The number of nitrogens with two attached hydrogens (primary N) is 1. The fraction of sp³-hybridized carbons (Fsp3) is 0.600. The smallest absolute Gasteiger partial charge is 0.338 e. The average molecular weight is 277 g/mol. The van der Waals surface area contributed by atoms with Crippen LogP contribution in [-0.4, -0.2) is 35.7 Å². The second kappa shape index (κ2) is 5.79. The minimum absolute atomic E-state index is 0.177. The standard InChI is InChI=1S/C15H23N3O2/c1-15(2,3)20-14(19)11-6-7-17-13(9-11)18-8-4-5-12(16)10-18/h6-7,9,12H,4-5,8,10,16H2,1-3H3. The van der Waals surface area contributed by atoms with E-state index in [1.807, 2.05) is 20.8 Å². The zero-order valence-corrected chi connectivity index (χ0v) is 12.4. The van der Waals surface area contributed by atoms with E-state index >= 15 is 0 Å². The van der Waals surface area contributed by atoms with Crippen LogP contribution >= 0.6 is 0 Å². The third-order valence-corrected chi connectivity index (χ3v) is 3.16. The molecule has 0 radical (unpaired) electrons. The Bertz CT molecular complexity index is 482. The number of hydrogen-bond donors (Lipinski definition) is 1. The Balaban J connectivity index is 2.13. The first-order chi connectivity index (χ1) is 9.35. The molecule has 1 unspecified atom stereocenters. The van der Waals surface area contributed by atoms with E-state index in [9.17, 15) is 4.79 Å². The van der Waals surface area contributed by atoms with Gasteiger partial charge in [0, 0.05) is 25.3 Å². The Kier molecular flexibility index (Phi) is 4.28. The summed E-state index contributed by atoms with van der Waals surface area (Å²) < 4.78 is 5.38. The summed E-state index contributed by atoms with van der Waals surface area (Å²) >= 11 is 0. The van der Waals surface area contributed by atoms with Crippen molar-refractivity contribution < 1.29 is 9.53 Å². The minimum Gasteiger partial charge on any atom is -0.456 e. The Morgan fingerprint density at radius 1 is 1.50 bits per heavy atom. The number of anilines is 1. The molecule has 1 aliphatic rings. The van der Waals surface area contributed by atoms with Crippen LogP contribution < -0.4 is 10.6 Å². The normalized spacial score (nSPS) is 19.8. The number of hydrogen-bond acceptors (Lipinski definition) is 5. The Morgan fingerprint density at radius 2 is 2.25 bits per heavy atom. The van der Waals surface area contributed by atoms with E-state index in [2.05, 4.69) is 9.88 Å². The van der Waals surface area contributed by atoms with Crippen molar-refractivity contribution in [3.63, 3.8) is 0 Å². The van der Waals surface area contributed by atoms with Gasteiger partial charge in [0.1, 0.15) is 11.4 Å². The molecule has 1 atom stereocenters. The second-order valence-corrected chi connectivity index (χ2v) is 6.25. The Labute approximate surface area is 120 Å². The molecular formula is C15H23N3O2. The van der Waals surface area contributed by atoms with Crippen LogP contribution in [0.4, 0.5) is 5.82 Å². The lowest BCUT2D eigenvalue weighted by Crippen LogP contribution is -2.43. The molecule has 110 valence electrons. The molecule has 2 heterocycles. The van der Waals surface area contributed by atoms with E-state index in [4.69, 9.17) is 10.5 Å². The molecule has 5 heteroatoms. The van der Waals surface area contributed by atoms with Crippen LogP contribution in [0.15, 0.2) is 18.3 Å². The van der Waals surface area contributed by atoms with Crippen LogP contribution in [0.25, 0.3) is 0 Å². The van der Waals surface area contributed by atoms with Gasteiger partial charge in [-0.25, -0.2) is 9.78 Å². The van der Waals surface area contributed by atoms with Crippen molar-refractivity contribution in [1.29, 1.82) is 0 Å². The summed E-state index contributed by atoms with van der Waals surface area (Å²) in [5.41, 5.74) is 6.02. The number of carbonyl (C=O) groups excluding carboxylic acids is 1. The molecule has 1 aromatic rings. The molecule has 5 nitrogen and oxygen atoms in total. The van der Waals surface area contributed by atoms with Crippen molar-refractivity contribution >= 4 is 11.8 Å². The maximum Gasteiger partial charge on any atom is 0.338 e. The number of piperidine rings is 1. The van der Waals surface area contributed by atoms with E-state index in [0.717, 1.165) is 31.7 Å². The number of aromatic nitrogens is 1. The molecule has 20 heavy (non-hydrogen) atoms. The van der Waals surface area contributed by atoms with Gasteiger partial charge < -0.3 is 15.4 Å². The van der Waals surface area contributed by atoms with Gasteiger partial charge in [0.2, 0.25) is 0 Å². The number of pyridine rings is 1. The summed E-state index contributed by atoms with van der Waals surface area (Å²) in [6.07, 6.45) is 3.75. The van der Waals surface area contributed by atoms with Crippen molar-refractivity contribution in [2.24, 2.45) is 5.73 Å². The Morgan fingerprint density at radius 3 is 2.90 bits per heavy atom. The highest BCUT2D eigenvalue weighted by Crippen LogP contribution is 2.19. The first kappa shape index (κ1) is 14.8. The molecule has 0 spiro atoms. The maximum atomic E-state index is 12.1. The molecular weight excluding hydrogens is 254 g/mol. The molecule has 1 fully saturated rings. The summed E-state index contributed by atoms with van der Waals surface area (Å²) in [4.78, 5) is 18.5. The number of carbonyl (C=O) groups is 1. The number of ether oxygens (including phenoxy) is 1. The SMILES string of the molecule is CC(C)(C)OC(=O)c1ccnc(N2CCCC(N)C2)c1. The van der Waals surface area contributed by atoms with E-state index in [0.29, 0.717) is 5.56 Å². The van der Waals surface area contributed by atoms with Gasteiger partial charge >= 0.3 is 5.97 Å². The first-order valence-corrected chi connectivity index (χ1v) is 7.05. The molecule has 1 saturated heterocycles. The van der Waals surface area contributed by atoms with Crippen LogP contribution in [-0.2, 0) is 4.74 Å². The van der Waals surface area contributed by atoms with E-state index in [1.165, 1.54) is 0 Å². The monoisotopic (exact) mass is 277 g/mol. The fourth-order valence-electron chi connectivity index (χ4n) is 2.27. The van der Waals surface area contributed by atoms with Crippen molar-refractivity contribution in [3.8, 4) is 0 Å². The molecule has 0 amide bonds. The summed E-state index contributed by atoms with van der Waals surface area (Å²) in [6, 6.07) is 3.64. The zero-order valence-electron chi connectivity index (χ0n) is 12.4. The van der Waals surface area contributed by atoms with E-state index < -0.39 is 5.60 Å². The zero-order chi connectivity index (χ0) is 14.8. The molecule has 0 bridgehead atoms. The van der Waals surface area contributed by atoms with Gasteiger partial charge in [-0.05, 0) is 45.7 Å². The van der Waals surface area contributed by atoms with Gasteiger partial charge in [-0.2, -0.15) is 0 Å². The molecule has 1 aliphatic heterocycles. The molecule has 0 aliphatic carbocycles. The van der Waals surface area contributed by atoms with E-state index in [-0.39, 0.29) is 12.0 Å². The first-order valence-electron chi connectivity index (χ1n) is 7.05. The number of esters is 1. The maximum absolute atomic E-state index is 12.1. The summed E-state index contributed by atoms with van der Waals surface area (Å²) in [5.74, 6) is 0.478. The summed E-state index contributed by atoms with van der Waals surface area (Å²) in [5, 5.41) is 0. The fourth-order valence-corrected chi connectivity index (χ4v) is 2.27. The molecule has 0 aromatic carbocycles. The lowest BCUT2D eigenvalue weighted by Gasteiger charge is -2.31. The van der Waals surface area contributed by atoms with Crippen molar-refractivity contribution in [2.75, 3.05) is 18.0 Å². The largest absolute Gasteiger partial charge is 0.456 e. The predicted molar refractivity (Wildman–Crippen MR) is 78.8 cm³/mol. The van der Waals surface area contributed by atoms with Crippen molar-refractivity contribution in [3.05, 3.63) is 23.9 Å². The topological polar surface area (TPSA) is 68.5 Å². The average Bonchev–Trinajstić information content (AvgIpc) is 2.37. The molecule has 0 saturated carbocycles. The highest BCUT2D eigenvalue weighted by atomic mass is 16.6. The molecule has 1 aromatic heterocycles. The Hall–Kier alpha value is -1.62. The quantitative estimate of drug-likeness (QED) is 0.837. The van der Waals surface area contributed by atoms with Crippen LogP contribution in [0.3, 0.4) is 0 Å². The third-order valence-electron chi connectivity index (χ3n) is 3.16. The van der Waals surface area contributed by atoms with Crippen LogP contribution in [0, 0.1) is 0 Å². The molecule has 2 rings (SSSR count). The van der Waals surface area contributed by atoms with Crippen molar-refractivity contribution in [2.45, 2.75) is 45.3 Å². The second-order valence-electron chi connectivity index (χ2n) is 6.25. The summed E-state index contributed by atoms with van der Waals surface area (Å²) in [6.45, 7) is 7.28. The van der Waals surface area contributed by atoms with Crippen LogP contribution in [0.5, 0.6) is 0 Å². The third kappa shape index (κ3) is 3.93. The van der Waals surface area contributed by atoms with Gasteiger partial charge in [-0.1, -0.05) is 0 Å². The van der Waals surface area contributed by atoms with Gasteiger partial charge in [-0.3, -0.25) is 0 Å². The summed E-state index contributed by atoms with van der Waals surface area (Å²) in [7, 11) is 0. The highest BCUT2D eigenvalue weighted by molar-refractivity contribution is 5.90. The predicted octanol–water partition coefficient (Wildman–Crippen LogP) is 1.96. The number of rotatable bonds is 2. The van der Waals surface area contributed by atoms with Gasteiger partial charge in [0.05, 0.1) is 5.56 Å². The lowest BCUT2D eigenvalue weighted by atomic mass is 10.1. The van der Waals surface area contributed by atoms with Crippen molar-refractivity contribution in [1.82, 2.24) is 4.98 Å². The minimum atomic E-state index is -0.492. The number of nitrogens with zero attached hydrogens (tertiary/aromatic N) is 2. The van der Waals surface area contributed by atoms with Gasteiger partial charge in [0.25, 0.3) is 0 Å². The van der Waals surface area contributed by atoms with Gasteiger partial charge in [-0.15, -0.1) is 0 Å². The molecule has 2 N–H and O–H groups in total. The lowest BCUT2D eigenvalue weighted by molar-refractivity contribution is 0.00694. The van der Waals surface area contributed by atoms with Crippen LogP contribution in [0.2, 0.25) is 0 Å². The van der Waals surface area contributed by atoms with E-state index in [1.54, 1.807) is 18.3 Å². The van der Waals surface area contributed by atoms with Gasteiger partial charge in [0.15, 0.2) is 0 Å².